The minimum Gasteiger partial charge on any atom is -0.370 e. The number of hydrogen-bond acceptors (Lipinski definition) is 5. The number of nitrogens with one attached hydrogen (secondary N) is 2. The molecule has 8 nitrogen and oxygen atoms in total. The third-order valence-electron chi connectivity index (χ3n) is 7.16. The van der Waals surface area contributed by atoms with E-state index in [2.05, 4.69) is 39.7 Å². The van der Waals surface area contributed by atoms with Crippen molar-refractivity contribution < 1.29 is 15.0 Å². The van der Waals surface area contributed by atoms with Gasteiger partial charge in [-0.15, -0.1) is 0 Å². The van der Waals surface area contributed by atoms with Crippen LogP contribution in [0.1, 0.15) is 82.3 Å². The molecule has 184 valence electrons. The van der Waals surface area contributed by atoms with Crippen molar-refractivity contribution in [2.75, 3.05) is 17.2 Å². The van der Waals surface area contributed by atoms with Crippen LogP contribution in [0.3, 0.4) is 0 Å². The number of halogens is 2. The van der Waals surface area contributed by atoms with Crippen LogP contribution in [0.5, 0.6) is 0 Å². The monoisotopic (exact) mass is 473 g/mol. The Balaban J connectivity index is 0.00000289. The molecule has 34 heavy (non-hydrogen) atoms. The van der Waals surface area contributed by atoms with Crippen molar-refractivity contribution in [3.63, 3.8) is 0 Å². The molecule has 2 fully saturated rings. The second-order valence-corrected chi connectivity index (χ2v) is 9.94. The van der Waals surface area contributed by atoms with Crippen molar-refractivity contribution >= 4 is 23.1 Å². The van der Waals surface area contributed by atoms with E-state index < -0.39 is 18.0 Å². The summed E-state index contributed by atoms with van der Waals surface area (Å²) >= 11 is 0. The number of carbonyl (C=O) groups is 1. The number of amides is 1. The highest BCUT2D eigenvalue weighted by Gasteiger charge is 2.28. The molecule has 3 aromatic rings. The normalized spacial score (nSPS) is 20.9. The molecular weight excluding hydrogens is 440 g/mol. The van der Waals surface area contributed by atoms with E-state index >= 15 is 0 Å². The van der Waals surface area contributed by atoms with Crippen LogP contribution in [-0.4, -0.2) is 36.8 Å². The number of alkyl halides is 2. The molecule has 3 aromatic heterocycles. The molecule has 2 saturated carbocycles. The van der Waals surface area contributed by atoms with Crippen molar-refractivity contribution in [1.29, 1.82) is 0 Å². The Morgan fingerprint density at radius 3 is 2.65 bits per heavy atom. The van der Waals surface area contributed by atoms with Gasteiger partial charge in [0.2, 0.25) is 0 Å². The van der Waals surface area contributed by atoms with Gasteiger partial charge in [-0.2, -0.15) is 10.2 Å². The van der Waals surface area contributed by atoms with Gasteiger partial charge < -0.3 is 10.6 Å². The highest BCUT2D eigenvalue weighted by molar-refractivity contribution is 6.08. The molecule has 1 amide bonds. The van der Waals surface area contributed by atoms with Crippen molar-refractivity contribution in [3.05, 3.63) is 35.9 Å². The van der Waals surface area contributed by atoms with E-state index in [1.807, 2.05) is 0 Å². The lowest BCUT2D eigenvalue weighted by atomic mass is 9.80. The lowest BCUT2D eigenvalue weighted by Crippen LogP contribution is -2.21. The number of aromatic nitrogens is 5. The third kappa shape index (κ3) is 4.76. The average Bonchev–Trinajstić information content (AvgIpc) is 3.40. The Kier molecular flexibility index (Phi) is 6.22. The fourth-order valence-electron chi connectivity index (χ4n) is 4.77. The predicted octanol–water partition coefficient (Wildman–Crippen LogP) is 5.57. The molecule has 5 rings (SSSR count). The van der Waals surface area contributed by atoms with E-state index in [1.54, 1.807) is 23.1 Å². The highest BCUT2D eigenvalue weighted by Crippen LogP contribution is 2.37. The lowest BCUT2D eigenvalue weighted by molar-refractivity contribution is 0.102. The van der Waals surface area contributed by atoms with E-state index in [0.29, 0.717) is 29.2 Å². The number of nitrogens with zero attached hydrogens (tertiary/aromatic N) is 5. The number of carbonyl (C=O) groups excluding carboxylic acids is 1. The summed E-state index contributed by atoms with van der Waals surface area (Å²) in [5, 5.41) is 14.3. The van der Waals surface area contributed by atoms with E-state index in [1.165, 1.54) is 23.6 Å². The van der Waals surface area contributed by atoms with E-state index in [0.717, 1.165) is 32.2 Å². The second-order valence-electron chi connectivity index (χ2n) is 9.94. The summed E-state index contributed by atoms with van der Waals surface area (Å²) in [6.07, 6.45) is 8.23. The minimum absolute atomic E-state index is 0. The topological polar surface area (TPSA) is 89.1 Å². The van der Waals surface area contributed by atoms with Gasteiger partial charge in [0.15, 0.2) is 11.3 Å². The molecule has 2 N–H and O–H groups in total. The molecule has 0 aromatic carbocycles. The van der Waals surface area contributed by atoms with Crippen LogP contribution in [-0.2, 0) is 0 Å². The maximum Gasteiger partial charge on any atom is 0.284 e. The standard InChI is InChI=1S/C24H31F2N7O.H2/c1-14(2)16-5-7-17(8-6-16)33-13-19(21(31-33)22(25)26)29-24(34)18-12-28-32-10-9-20(30-23(18)32)27-11-15-3-4-15;/h9-10,12-17,22H,3-8,11H2,1-2H3,(H,27,30)(H,29,34);1H. The molecule has 0 atom stereocenters. The van der Waals surface area contributed by atoms with Gasteiger partial charge in [-0.3, -0.25) is 9.48 Å². The Hall–Kier alpha value is -3.04. The second kappa shape index (κ2) is 9.31. The van der Waals surface area contributed by atoms with E-state index in [4.69, 9.17) is 0 Å². The van der Waals surface area contributed by atoms with Gasteiger partial charge in [0.1, 0.15) is 11.4 Å². The summed E-state index contributed by atoms with van der Waals surface area (Å²) in [5.41, 5.74) is 0.223. The van der Waals surface area contributed by atoms with Crippen LogP contribution in [0.25, 0.3) is 5.65 Å². The van der Waals surface area contributed by atoms with Crippen LogP contribution < -0.4 is 10.6 Å². The molecule has 0 spiro atoms. The third-order valence-corrected chi connectivity index (χ3v) is 7.16. The first kappa shape index (κ1) is 22.7. The number of fused-ring (bicyclic) bond motifs is 1. The summed E-state index contributed by atoms with van der Waals surface area (Å²) < 4.78 is 30.6. The quantitative estimate of drug-likeness (QED) is 0.446. The van der Waals surface area contributed by atoms with Gasteiger partial charge in [-0.25, -0.2) is 18.3 Å². The van der Waals surface area contributed by atoms with Crippen LogP contribution in [0.2, 0.25) is 0 Å². The van der Waals surface area contributed by atoms with Gasteiger partial charge in [0.05, 0.1) is 17.9 Å². The summed E-state index contributed by atoms with van der Waals surface area (Å²) in [7, 11) is 0. The maximum atomic E-state index is 13.8. The molecule has 0 saturated heterocycles. The first-order valence-corrected chi connectivity index (χ1v) is 12.2. The first-order valence-electron chi connectivity index (χ1n) is 12.2. The van der Waals surface area contributed by atoms with Crippen molar-refractivity contribution in [2.45, 2.75) is 64.8 Å². The summed E-state index contributed by atoms with van der Waals surface area (Å²) in [6, 6.07) is 1.87. The van der Waals surface area contributed by atoms with E-state index in [-0.39, 0.29) is 18.7 Å². The molecular formula is C24H33F2N7O. The largest absolute Gasteiger partial charge is 0.370 e. The van der Waals surface area contributed by atoms with Crippen molar-refractivity contribution in [1.82, 2.24) is 24.4 Å². The van der Waals surface area contributed by atoms with Crippen LogP contribution in [0, 0.1) is 17.8 Å². The van der Waals surface area contributed by atoms with Gasteiger partial charge in [-0.05, 0) is 62.3 Å². The molecule has 3 heterocycles. The molecule has 0 radical (unpaired) electrons. The van der Waals surface area contributed by atoms with Crippen molar-refractivity contribution in [3.8, 4) is 0 Å². The Morgan fingerprint density at radius 2 is 1.97 bits per heavy atom. The summed E-state index contributed by atoms with van der Waals surface area (Å²) in [6.45, 7) is 5.29. The highest BCUT2D eigenvalue weighted by atomic mass is 19.3. The molecule has 0 unspecified atom stereocenters. The Morgan fingerprint density at radius 1 is 1.21 bits per heavy atom. The Bertz CT molecular complexity index is 1170. The van der Waals surface area contributed by atoms with Crippen molar-refractivity contribution in [2.24, 2.45) is 17.8 Å². The lowest BCUT2D eigenvalue weighted by Gasteiger charge is -2.30. The predicted molar refractivity (Wildman–Crippen MR) is 127 cm³/mol. The number of anilines is 2. The summed E-state index contributed by atoms with van der Waals surface area (Å²) in [4.78, 5) is 17.6. The van der Waals surface area contributed by atoms with Crippen LogP contribution >= 0.6 is 0 Å². The minimum atomic E-state index is -2.79. The van der Waals surface area contributed by atoms with Crippen LogP contribution in [0.15, 0.2) is 24.7 Å². The summed E-state index contributed by atoms with van der Waals surface area (Å²) in [5.74, 6) is 2.08. The molecule has 2 aliphatic rings. The fourth-order valence-corrected chi connectivity index (χ4v) is 4.77. The SMILES string of the molecule is CC(C)C1CCC(n2cc(NC(=O)c3cnn4ccc(NCC5CC5)nc34)c(C(F)F)n2)CC1.[HH]. The Labute approximate surface area is 198 Å². The van der Waals surface area contributed by atoms with E-state index in [9.17, 15) is 13.6 Å². The van der Waals surface area contributed by atoms with Crippen LogP contribution in [0.4, 0.5) is 20.3 Å². The molecule has 0 bridgehead atoms. The molecule has 10 heteroatoms. The maximum absolute atomic E-state index is 13.8. The number of rotatable bonds is 8. The van der Waals surface area contributed by atoms with Gasteiger partial charge >= 0.3 is 0 Å². The van der Waals surface area contributed by atoms with Gasteiger partial charge in [0.25, 0.3) is 12.3 Å². The smallest absolute Gasteiger partial charge is 0.284 e. The fraction of sp³-hybridized carbons (Fsp3) is 0.583. The molecule has 2 aliphatic carbocycles. The average molecular weight is 474 g/mol. The zero-order valence-corrected chi connectivity index (χ0v) is 19.5. The molecule has 0 aliphatic heterocycles. The number of hydrogen-bond donors (Lipinski definition) is 2. The zero-order valence-electron chi connectivity index (χ0n) is 19.5. The van der Waals surface area contributed by atoms with Gasteiger partial charge in [-0.1, -0.05) is 13.8 Å². The van der Waals surface area contributed by atoms with Gasteiger partial charge in [0, 0.05) is 20.4 Å². The first-order chi connectivity index (χ1) is 16.4. The zero-order chi connectivity index (χ0) is 23.8.